The number of aryl methyl sites for hydroxylation is 1. The van der Waals surface area contributed by atoms with Crippen LogP contribution >= 0.6 is 0 Å². The highest BCUT2D eigenvalue weighted by atomic mass is 19.1. The third kappa shape index (κ3) is 1.72. The summed E-state index contributed by atoms with van der Waals surface area (Å²) < 4.78 is 18.5. The van der Waals surface area contributed by atoms with Gasteiger partial charge in [-0.2, -0.15) is 0 Å². The Morgan fingerprint density at radius 1 is 1.17 bits per heavy atom. The third-order valence-corrected chi connectivity index (χ3v) is 2.75. The van der Waals surface area contributed by atoms with Crippen LogP contribution in [0, 0.1) is 12.7 Å². The van der Waals surface area contributed by atoms with Crippen LogP contribution in [0.4, 0.5) is 10.1 Å². The average molecular weight is 242 g/mol. The van der Waals surface area contributed by atoms with E-state index in [1.54, 1.807) is 12.1 Å². The van der Waals surface area contributed by atoms with Crippen LogP contribution in [0.15, 0.2) is 40.8 Å². The zero-order chi connectivity index (χ0) is 12.7. The number of hydrogen-bond acceptors (Lipinski definition) is 3. The van der Waals surface area contributed by atoms with E-state index in [0.717, 1.165) is 11.1 Å². The van der Waals surface area contributed by atoms with Gasteiger partial charge in [-0.05, 0) is 48.9 Å². The van der Waals surface area contributed by atoms with Gasteiger partial charge in [0, 0.05) is 5.56 Å². The maximum absolute atomic E-state index is 12.9. The van der Waals surface area contributed by atoms with Gasteiger partial charge in [0.1, 0.15) is 11.3 Å². The van der Waals surface area contributed by atoms with E-state index in [0.29, 0.717) is 22.7 Å². The molecule has 0 fully saturated rings. The number of anilines is 1. The van der Waals surface area contributed by atoms with Crippen molar-refractivity contribution in [2.24, 2.45) is 0 Å². The van der Waals surface area contributed by atoms with Crippen molar-refractivity contribution in [3.05, 3.63) is 47.8 Å². The van der Waals surface area contributed by atoms with Crippen molar-refractivity contribution < 1.29 is 8.81 Å². The molecule has 18 heavy (non-hydrogen) atoms. The van der Waals surface area contributed by atoms with Crippen LogP contribution in [0.25, 0.3) is 22.6 Å². The molecule has 0 aliphatic rings. The number of halogens is 1. The quantitative estimate of drug-likeness (QED) is 0.664. The number of hydrogen-bond donors (Lipinski definition) is 1. The van der Waals surface area contributed by atoms with Crippen molar-refractivity contribution in [3.63, 3.8) is 0 Å². The summed E-state index contributed by atoms with van der Waals surface area (Å²) in [7, 11) is 0. The van der Waals surface area contributed by atoms with Crippen LogP contribution in [0.5, 0.6) is 0 Å². The number of fused-ring (bicyclic) bond motifs is 1. The van der Waals surface area contributed by atoms with E-state index in [1.165, 1.54) is 12.1 Å². The Morgan fingerprint density at radius 2 is 1.89 bits per heavy atom. The molecule has 0 aliphatic carbocycles. The fraction of sp³-hybridized carbons (Fsp3) is 0.0714. The molecular weight excluding hydrogens is 231 g/mol. The van der Waals surface area contributed by atoms with Gasteiger partial charge in [0.15, 0.2) is 5.58 Å². The van der Waals surface area contributed by atoms with E-state index >= 15 is 0 Å². The Bertz CT molecular complexity index is 716. The molecule has 2 N–H and O–H groups in total. The number of nitrogens with two attached hydrogens (primary N) is 1. The van der Waals surface area contributed by atoms with Crippen molar-refractivity contribution in [2.75, 3.05) is 5.73 Å². The van der Waals surface area contributed by atoms with E-state index in [4.69, 9.17) is 10.2 Å². The predicted octanol–water partition coefficient (Wildman–Crippen LogP) is 3.52. The summed E-state index contributed by atoms with van der Waals surface area (Å²) in [6.07, 6.45) is 0. The first-order valence-corrected chi connectivity index (χ1v) is 5.56. The Kier molecular flexibility index (Phi) is 2.30. The second kappa shape index (κ2) is 3.84. The molecular formula is C14H11FN2O. The van der Waals surface area contributed by atoms with Crippen LogP contribution in [0.1, 0.15) is 5.56 Å². The monoisotopic (exact) mass is 242 g/mol. The van der Waals surface area contributed by atoms with Gasteiger partial charge in [-0.15, -0.1) is 0 Å². The molecule has 1 heterocycles. The van der Waals surface area contributed by atoms with E-state index < -0.39 is 0 Å². The highest BCUT2D eigenvalue weighted by Crippen LogP contribution is 2.28. The number of oxazole rings is 1. The van der Waals surface area contributed by atoms with Gasteiger partial charge in [0.25, 0.3) is 0 Å². The average Bonchev–Trinajstić information content (AvgIpc) is 2.74. The van der Waals surface area contributed by atoms with E-state index in [-0.39, 0.29) is 5.82 Å². The fourth-order valence-corrected chi connectivity index (χ4v) is 1.92. The van der Waals surface area contributed by atoms with Gasteiger partial charge in [0.2, 0.25) is 5.89 Å². The summed E-state index contributed by atoms with van der Waals surface area (Å²) >= 11 is 0. The first kappa shape index (κ1) is 10.8. The van der Waals surface area contributed by atoms with Crippen LogP contribution < -0.4 is 5.73 Å². The second-order valence-electron chi connectivity index (χ2n) is 4.23. The SMILES string of the molecule is Cc1cc(N)c2oc(-c3ccc(F)cc3)nc2c1. The van der Waals surface area contributed by atoms with E-state index in [2.05, 4.69) is 4.98 Å². The molecule has 3 aromatic rings. The van der Waals surface area contributed by atoms with Crippen molar-refractivity contribution in [1.82, 2.24) is 4.98 Å². The minimum Gasteiger partial charge on any atom is -0.434 e. The molecule has 4 heteroatoms. The summed E-state index contributed by atoms with van der Waals surface area (Å²) in [5.41, 5.74) is 9.48. The number of rotatable bonds is 1. The number of aromatic nitrogens is 1. The van der Waals surface area contributed by atoms with Crippen LogP contribution in [0.2, 0.25) is 0 Å². The molecule has 90 valence electrons. The molecule has 3 rings (SSSR count). The minimum atomic E-state index is -0.287. The zero-order valence-electron chi connectivity index (χ0n) is 9.77. The molecule has 0 saturated carbocycles. The molecule has 3 nitrogen and oxygen atoms in total. The number of nitrogens with zero attached hydrogens (tertiary/aromatic N) is 1. The van der Waals surface area contributed by atoms with Gasteiger partial charge >= 0.3 is 0 Å². The molecule has 2 aromatic carbocycles. The standard InChI is InChI=1S/C14H11FN2O/c1-8-6-11(16)13-12(7-8)17-14(18-13)9-2-4-10(15)5-3-9/h2-7H,16H2,1H3. The van der Waals surface area contributed by atoms with E-state index in [9.17, 15) is 4.39 Å². The molecule has 1 aromatic heterocycles. The van der Waals surface area contributed by atoms with Crippen molar-refractivity contribution in [3.8, 4) is 11.5 Å². The number of nitrogen functional groups attached to an aromatic ring is 1. The van der Waals surface area contributed by atoms with Crippen molar-refractivity contribution >= 4 is 16.8 Å². The summed E-state index contributed by atoms with van der Waals surface area (Å²) in [5, 5.41) is 0. The molecule has 0 atom stereocenters. The van der Waals surface area contributed by atoms with Gasteiger partial charge in [-0.25, -0.2) is 9.37 Å². The van der Waals surface area contributed by atoms with E-state index in [1.807, 2.05) is 19.1 Å². The Balaban J connectivity index is 2.19. The predicted molar refractivity (Wildman–Crippen MR) is 68.6 cm³/mol. The first-order valence-electron chi connectivity index (χ1n) is 5.56. The van der Waals surface area contributed by atoms with Gasteiger partial charge < -0.3 is 10.2 Å². The smallest absolute Gasteiger partial charge is 0.227 e. The normalized spacial score (nSPS) is 11.0. The Morgan fingerprint density at radius 3 is 2.61 bits per heavy atom. The molecule has 0 spiro atoms. The zero-order valence-corrected chi connectivity index (χ0v) is 9.77. The lowest BCUT2D eigenvalue weighted by Gasteiger charge is -1.95. The van der Waals surface area contributed by atoms with Gasteiger partial charge in [0.05, 0.1) is 5.69 Å². The molecule has 0 amide bonds. The lowest BCUT2D eigenvalue weighted by molar-refractivity contribution is 0.617. The highest BCUT2D eigenvalue weighted by molar-refractivity contribution is 5.87. The summed E-state index contributed by atoms with van der Waals surface area (Å²) in [6, 6.07) is 9.74. The fourth-order valence-electron chi connectivity index (χ4n) is 1.92. The third-order valence-electron chi connectivity index (χ3n) is 2.75. The molecule has 0 unspecified atom stereocenters. The maximum Gasteiger partial charge on any atom is 0.227 e. The maximum atomic E-state index is 12.9. The topological polar surface area (TPSA) is 52.0 Å². The van der Waals surface area contributed by atoms with Crippen LogP contribution in [-0.4, -0.2) is 4.98 Å². The second-order valence-corrected chi connectivity index (χ2v) is 4.23. The molecule has 0 bridgehead atoms. The Hall–Kier alpha value is -2.36. The van der Waals surface area contributed by atoms with Gasteiger partial charge in [-0.1, -0.05) is 0 Å². The van der Waals surface area contributed by atoms with Crippen molar-refractivity contribution in [2.45, 2.75) is 6.92 Å². The molecule has 0 saturated heterocycles. The van der Waals surface area contributed by atoms with Crippen molar-refractivity contribution in [1.29, 1.82) is 0 Å². The lowest BCUT2D eigenvalue weighted by Crippen LogP contribution is -1.86. The lowest BCUT2D eigenvalue weighted by atomic mass is 10.2. The van der Waals surface area contributed by atoms with Crippen LogP contribution in [-0.2, 0) is 0 Å². The summed E-state index contributed by atoms with van der Waals surface area (Å²) in [4.78, 5) is 4.37. The minimum absolute atomic E-state index is 0.287. The molecule has 0 radical (unpaired) electrons. The van der Waals surface area contributed by atoms with Gasteiger partial charge in [-0.3, -0.25) is 0 Å². The largest absolute Gasteiger partial charge is 0.434 e. The highest BCUT2D eigenvalue weighted by Gasteiger charge is 2.11. The Labute approximate surface area is 103 Å². The molecule has 0 aliphatic heterocycles. The summed E-state index contributed by atoms with van der Waals surface area (Å²) in [5.74, 6) is 0.160. The first-order chi connectivity index (χ1) is 8.63. The van der Waals surface area contributed by atoms with Crippen LogP contribution in [0.3, 0.4) is 0 Å². The number of benzene rings is 2. The summed E-state index contributed by atoms with van der Waals surface area (Å²) in [6.45, 7) is 1.95.